The van der Waals surface area contributed by atoms with Crippen molar-refractivity contribution in [1.82, 2.24) is 0 Å². The van der Waals surface area contributed by atoms with Gasteiger partial charge >= 0.3 is 24.8 Å². The summed E-state index contributed by atoms with van der Waals surface area (Å²) in [5.74, 6) is 0.334. The number of carbonyl (C=O) groups is 1. The van der Waals surface area contributed by atoms with Crippen molar-refractivity contribution in [1.29, 1.82) is 0 Å². The summed E-state index contributed by atoms with van der Waals surface area (Å²) in [5, 5.41) is 0. The second-order valence-electron chi connectivity index (χ2n) is 4.60. The van der Waals surface area contributed by atoms with E-state index in [1.807, 2.05) is 32.9 Å². The van der Waals surface area contributed by atoms with Gasteiger partial charge in [-0.3, -0.25) is 4.79 Å². The van der Waals surface area contributed by atoms with Crippen LogP contribution in [0.2, 0.25) is 0 Å². The van der Waals surface area contributed by atoms with Gasteiger partial charge in [0.25, 0.3) is 0 Å². The van der Waals surface area contributed by atoms with Crippen LogP contribution < -0.4 is 18.9 Å². The molecular formula is C14H26ClLiO2. The zero-order valence-corrected chi connectivity index (χ0v) is 13.3. The Labute approximate surface area is 130 Å². The van der Waals surface area contributed by atoms with Crippen LogP contribution in [0.25, 0.3) is 0 Å². The van der Waals surface area contributed by atoms with Gasteiger partial charge in [0.2, 0.25) is 0 Å². The van der Waals surface area contributed by atoms with Crippen LogP contribution in [0.3, 0.4) is 0 Å². The van der Waals surface area contributed by atoms with E-state index in [4.69, 9.17) is 16.3 Å². The first-order chi connectivity index (χ1) is 7.87. The number of unbranched alkanes of at least 4 members (excludes halogenated alkanes) is 1. The minimum atomic E-state index is -0.382. The zero-order valence-electron chi connectivity index (χ0n) is 12.6. The van der Waals surface area contributed by atoms with Crippen molar-refractivity contribution < 1.29 is 28.4 Å². The topological polar surface area (TPSA) is 26.3 Å². The molecular weight excluding hydrogens is 243 g/mol. The van der Waals surface area contributed by atoms with Gasteiger partial charge in [0.15, 0.2) is 0 Å². The molecule has 0 unspecified atom stereocenters. The number of hydrogen-bond donors (Lipinski definition) is 0. The molecule has 0 atom stereocenters. The van der Waals surface area contributed by atoms with Gasteiger partial charge in [0, 0.05) is 12.3 Å². The number of carbonyl (C=O) groups excluding carboxylic acids is 1. The van der Waals surface area contributed by atoms with Gasteiger partial charge in [-0.05, 0) is 27.2 Å². The number of halogens is 1. The zero-order chi connectivity index (χ0) is 13.7. The number of hydrogen-bond acceptors (Lipinski definition) is 2. The van der Waals surface area contributed by atoms with Gasteiger partial charge in [0.1, 0.15) is 5.60 Å². The van der Waals surface area contributed by atoms with Gasteiger partial charge in [-0.25, -0.2) is 0 Å². The average molecular weight is 269 g/mol. The van der Waals surface area contributed by atoms with Gasteiger partial charge < -0.3 is 11.7 Å². The first-order valence-electron chi connectivity index (χ1n) is 6.09. The summed E-state index contributed by atoms with van der Waals surface area (Å²) in [6, 6.07) is 0. The van der Waals surface area contributed by atoms with E-state index in [0.717, 1.165) is 6.42 Å². The minimum Gasteiger partial charge on any atom is -0.460 e. The Balaban J connectivity index is -0.000000392. The third-order valence-electron chi connectivity index (χ3n) is 1.54. The summed E-state index contributed by atoms with van der Waals surface area (Å²) in [4.78, 5) is 11.1. The Hall–Kier alpha value is 0.0974. The molecule has 102 valence electrons. The number of esters is 1. The normalized spacial score (nSPS) is 10.3. The summed E-state index contributed by atoms with van der Waals surface area (Å²) in [6.07, 6.45) is 7.11. The molecule has 0 radical (unpaired) electrons. The molecule has 0 aromatic rings. The maximum Gasteiger partial charge on any atom is 1.00 e. The molecule has 0 saturated heterocycles. The van der Waals surface area contributed by atoms with E-state index in [-0.39, 0.29) is 30.4 Å². The van der Waals surface area contributed by atoms with Crippen LogP contribution in [-0.4, -0.2) is 17.5 Å². The van der Waals surface area contributed by atoms with Crippen LogP contribution >= 0.6 is 11.6 Å². The molecule has 2 nitrogen and oxygen atoms in total. The van der Waals surface area contributed by atoms with Crippen molar-refractivity contribution in [2.75, 3.05) is 5.88 Å². The molecule has 0 heterocycles. The molecule has 0 aromatic carbocycles. The van der Waals surface area contributed by atoms with E-state index in [1.54, 1.807) is 0 Å². The Bertz CT molecular complexity index is 208. The minimum absolute atomic E-state index is 0. The Morgan fingerprint density at radius 2 is 1.83 bits per heavy atom. The quantitative estimate of drug-likeness (QED) is 0.249. The second kappa shape index (κ2) is 15.2. The van der Waals surface area contributed by atoms with Gasteiger partial charge in [-0.15, -0.1) is 11.6 Å². The molecule has 0 aliphatic carbocycles. The number of ether oxygens (including phenoxy) is 1. The maximum atomic E-state index is 11.1. The summed E-state index contributed by atoms with van der Waals surface area (Å²) in [6.45, 7) is 11.3. The standard InChI is InChI=1S/C10H17ClO2.C4H9.Li/c1-10(2,3)13-9(12)7-5-4-6-8-11;1-3-4-2;/h4,6H,5,7-8H2,1-3H3;1,3-4H2,2H3;/q;-1;+1. The van der Waals surface area contributed by atoms with Crippen molar-refractivity contribution in [3.63, 3.8) is 0 Å². The second-order valence-corrected chi connectivity index (χ2v) is 4.91. The van der Waals surface area contributed by atoms with Crippen LogP contribution in [0.5, 0.6) is 0 Å². The van der Waals surface area contributed by atoms with Crippen LogP contribution in [0, 0.1) is 6.92 Å². The number of allylic oxidation sites excluding steroid dienone is 2. The van der Waals surface area contributed by atoms with Crippen molar-refractivity contribution in [2.45, 2.75) is 59.0 Å². The smallest absolute Gasteiger partial charge is 0.460 e. The maximum absolute atomic E-state index is 11.1. The molecule has 0 amide bonds. The van der Waals surface area contributed by atoms with E-state index in [2.05, 4.69) is 13.8 Å². The SMILES string of the molecule is CC(C)(C)OC(=O)CCC=CCCl.[CH2-]CCC.[Li+]. The molecule has 0 N–H and O–H groups in total. The van der Waals surface area contributed by atoms with Crippen LogP contribution in [0.15, 0.2) is 12.2 Å². The Morgan fingerprint density at radius 1 is 1.33 bits per heavy atom. The van der Waals surface area contributed by atoms with Crippen molar-refractivity contribution >= 4 is 17.6 Å². The van der Waals surface area contributed by atoms with E-state index < -0.39 is 0 Å². The van der Waals surface area contributed by atoms with E-state index >= 15 is 0 Å². The summed E-state index contributed by atoms with van der Waals surface area (Å²) in [7, 11) is 0. The first kappa shape index (κ1) is 23.2. The summed E-state index contributed by atoms with van der Waals surface area (Å²) >= 11 is 5.42. The molecule has 4 heteroatoms. The van der Waals surface area contributed by atoms with Crippen LogP contribution in [0.1, 0.15) is 53.4 Å². The third-order valence-corrected chi connectivity index (χ3v) is 1.72. The van der Waals surface area contributed by atoms with E-state index in [0.29, 0.717) is 18.7 Å². The van der Waals surface area contributed by atoms with Gasteiger partial charge in [-0.2, -0.15) is 6.42 Å². The average Bonchev–Trinajstić information content (AvgIpc) is 2.22. The molecule has 0 bridgehead atoms. The molecule has 0 rings (SSSR count). The van der Waals surface area contributed by atoms with Gasteiger partial charge in [-0.1, -0.05) is 25.5 Å². The van der Waals surface area contributed by atoms with E-state index in [9.17, 15) is 4.79 Å². The summed E-state index contributed by atoms with van der Waals surface area (Å²) in [5.41, 5.74) is -0.382. The molecule has 0 aliphatic heterocycles. The number of rotatable bonds is 5. The third kappa shape index (κ3) is 25.1. The summed E-state index contributed by atoms with van der Waals surface area (Å²) < 4.78 is 5.11. The first-order valence-corrected chi connectivity index (χ1v) is 6.62. The Kier molecular flexibility index (Phi) is 19.5. The predicted molar refractivity (Wildman–Crippen MR) is 75.2 cm³/mol. The number of alkyl halides is 1. The van der Waals surface area contributed by atoms with E-state index in [1.165, 1.54) is 6.42 Å². The van der Waals surface area contributed by atoms with Crippen LogP contribution in [-0.2, 0) is 9.53 Å². The van der Waals surface area contributed by atoms with Crippen molar-refractivity contribution in [3.8, 4) is 0 Å². The predicted octanol–water partition coefficient (Wildman–Crippen LogP) is 1.53. The van der Waals surface area contributed by atoms with Gasteiger partial charge in [0.05, 0.1) is 0 Å². The monoisotopic (exact) mass is 268 g/mol. The molecule has 18 heavy (non-hydrogen) atoms. The fraction of sp³-hybridized carbons (Fsp3) is 0.714. The molecule has 0 saturated carbocycles. The molecule has 0 aromatic heterocycles. The fourth-order valence-electron chi connectivity index (χ4n) is 0.775. The fourth-order valence-corrected chi connectivity index (χ4v) is 0.901. The molecule has 0 spiro atoms. The van der Waals surface area contributed by atoms with Crippen LogP contribution in [0.4, 0.5) is 0 Å². The Morgan fingerprint density at radius 3 is 2.17 bits per heavy atom. The van der Waals surface area contributed by atoms with Crippen molar-refractivity contribution in [3.05, 3.63) is 19.1 Å². The largest absolute Gasteiger partial charge is 1.00 e. The molecule has 0 fully saturated rings. The van der Waals surface area contributed by atoms with Crippen molar-refractivity contribution in [2.24, 2.45) is 0 Å². The molecule has 0 aliphatic rings.